The maximum atomic E-state index is 13.0. The quantitative estimate of drug-likeness (QED) is 0.892. The molecule has 1 N–H and O–H groups in total. The van der Waals surface area contributed by atoms with E-state index in [2.05, 4.69) is 9.97 Å². The zero-order valence-corrected chi connectivity index (χ0v) is 15.1. The Morgan fingerprint density at radius 3 is 2.69 bits per heavy atom. The number of piperidine rings is 2. The molecule has 2 aliphatic heterocycles. The fourth-order valence-electron chi connectivity index (χ4n) is 4.17. The molecule has 26 heavy (non-hydrogen) atoms. The molecule has 0 aliphatic carbocycles. The number of H-pyrrole nitrogens is 1. The highest BCUT2D eigenvalue weighted by Gasteiger charge is 2.33. The molecule has 2 aromatic heterocycles. The van der Waals surface area contributed by atoms with E-state index in [0.717, 1.165) is 55.6 Å². The minimum Gasteiger partial charge on any atom is -0.343 e. The van der Waals surface area contributed by atoms with Gasteiger partial charge in [-0.2, -0.15) is 0 Å². The van der Waals surface area contributed by atoms with Gasteiger partial charge in [-0.15, -0.1) is 0 Å². The van der Waals surface area contributed by atoms with Crippen molar-refractivity contribution in [1.82, 2.24) is 24.8 Å². The van der Waals surface area contributed by atoms with Gasteiger partial charge in [-0.05, 0) is 31.7 Å². The average molecular weight is 355 g/mol. The number of imidazole rings is 1. The van der Waals surface area contributed by atoms with E-state index in [4.69, 9.17) is 4.98 Å². The molecule has 0 radical (unpaired) electrons. The highest BCUT2D eigenvalue weighted by atomic mass is 16.2. The summed E-state index contributed by atoms with van der Waals surface area (Å²) in [7, 11) is 0. The third kappa shape index (κ3) is 3.30. The molecule has 2 aromatic rings. The lowest BCUT2D eigenvalue weighted by molar-refractivity contribution is -0.141. The van der Waals surface area contributed by atoms with E-state index in [-0.39, 0.29) is 23.7 Å². The van der Waals surface area contributed by atoms with Crippen molar-refractivity contribution in [2.75, 3.05) is 26.2 Å². The second-order valence-corrected chi connectivity index (χ2v) is 7.42. The number of carbonyl (C=O) groups excluding carboxylic acids is 2. The topological polar surface area (TPSA) is 82.2 Å². The van der Waals surface area contributed by atoms with Crippen LogP contribution < -0.4 is 0 Å². The molecule has 2 fully saturated rings. The minimum atomic E-state index is 0.0456. The highest BCUT2D eigenvalue weighted by molar-refractivity contribution is 5.80. The molecule has 0 spiro atoms. The summed E-state index contributed by atoms with van der Waals surface area (Å²) in [5, 5.41) is 0. The van der Waals surface area contributed by atoms with Crippen LogP contribution in [0.3, 0.4) is 0 Å². The van der Waals surface area contributed by atoms with Gasteiger partial charge in [-0.3, -0.25) is 14.6 Å². The van der Waals surface area contributed by atoms with Gasteiger partial charge in [0.15, 0.2) is 0 Å². The molecule has 7 heteroatoms. The number of nitrogens with zero attached hydrogens (tertiary/aromatic N) is 4. The van der Waals surface area contributed by atoms with Crippen LogP contribution in [-0.4, -0.2) is 62.7 Å². The lowest BCUT2D eigenvalue weighted by Gasteiger charge is -2.37. The molecule has 4 rings (SSSR count). The molecule has 0 aromatic carbocycles. The molecule has 138 valence electrons. The molecule has 2 aliphatic rings. The van der Waals surface area contributed by atoms with Gasteiger partial charge in [0.25, 0.3) is 0 Å². The monoisotopic (exact) mass is 355 g/mol. The van der Waals surface area contributed by atoms with Gasteiger partial charge in [0.1, 0.15) is 5.82 Å². The summed E-state index contributed by atoms with van der Waals surface area (Å²) in [4.78, 5) is 40.5. The number of aromatic nitrogens is 3. The number of fused-ring (bicyclic) bond motifs is 1. The van der Waals surface area contributed by atoms with Crippen molar-refractivity contribution < 1.29 is 9.59 Å². The number of pyridine rings is 1. The highest BCUT2D eigenvalue weighted by Crippen LogP contribution is 2.29. The molecule has 7 nitrogen and oxygen atoms in total. The van der Waals surface area contributed by atoms with Crippen LogP contribution in [0.4, 0.5) is 0 Å². The average Bonchev–Trinajstić information content (AvgIpc) is 3.12. The van der Waals surface area contributed by atoms with E-state index in [1.165, 1.54) is 0 Å². The number of likely N-dealkylation sites (tertiary alicyclic amines) is 2. The summed E-state index contributed by atoms with van der Waals surface area (Å²) in [6.07, 6.45) is 7.13. The first-order valence-electron chi connectivity index (χ1n) is 9.46. The van der Waals surface area contributed by atoms with Crippen molar-refractivity contribution in [2.45, 2.75) is 38.5 Å². The first-order valence-corrected chi connectivity index (χ1v) is 9.46. The fourth-order valence-corrected chi connectivity index (χ4v) is 4.17. The molecule has 4 heterocycles. The second kappa shape index (κ2) is 7.05. The fraction of sp³-hybridized carbons (Fsp3) is 0.579. The van der Waals surface area contributed by atoms with Crippen LogP contribution in [0.15, 0.2) is 18.5 Å². The number of nitrogens with one attached hydrogen (secondary N) is 1. The lowest BCUT2D eigenvalue weighted by atomic mass is 9.92. The van der Waals surface area contributed by atoms with Crippen molar-refractivity contribution in [3.05, 3.63) is 24.3 Å². The van der Waals surface area contributed by atoms with Crippen molar-refractivity contribution in [2.24, 2.45) is 5.92 Å². The Bertz CT molecular complexity index is 776. The van der Waals surface area contributed by atoms with Crippen LogP contribution in [0.5, 0.6) is 0 Å². The third-order valence-electron chi connectivity index (χ3n) is 5.71. The molecule has 1 unspecified atom stereocenters. The first-order chi connectivity index (χ1) is 12.6. The smallest absolute Gasteiger partial charge is 0.225 e. The number of rotatable bonds is 2. The van der Waals surface area contributed by atoms with Gasteiger partial charge < -0.3 is 14.8 Å². The Hall–Kier alpha value is -2.44. The van der Waals surface area contributed by atoms with Crippen molar-refractivity contribution in [3.63, 3.8) is 0 Å². The van der Waals surface area contributed by atoms with Crippen molar-refractivity contribution in [1.29, 1.82) is 0 Å². The normalized spacial score (nSPS) is 22.0. The summed E-state index contributed by atoms with van der Waals surface area (Å²) in [5.41, 5.74) is 1.87. The summed E-state index contributed by atoms with van der Waals surface area (Å²) in [6.45, 7) is 4.53. The maximum absolute atomic E-state index is 13.0. The Balaban J connectivity index is 1.41. The molecular weight excluding hydrogens is 330 g/mol. The third-order valence-corrected chi connectivity index (χ3v) is 5.71. The van der Waals surface area contributed by atoms with Gasteiger partial charge in [-0.1, -0.05) is 0 Å². The van der Waals surface area contributed by atoms with E-state index in [1.807, 2.05) is 15.9 Å². The SMILES string of the molecule is CC(=O)N1CCC(C(=O)N2CCCC(c3nc4ccncc4[nH]3)C2)CC1. The molecule has 2 saturated heterocycles. The summed E-state index contributed by atoms with van der Waals surface area (Å²) in [5.74, 6) is 1.60. The number of hydrogen-bond donors (Lipinski definition) is 1. The second-order valence-electron chi connectivity index (χ2n) is 7.42. The Morgan fingerprint density at radius 1 is 1.15 bits per heavy atom. The molecule has 0 saturated carbocycles. The molecular formula is C19H25N5O2. The zero-order chi connectivity index (χ0) is 18.1. The van der Waals surface area contributed by atoms with Gasteiger partial charge in [0, 0.05) is 51.1 Å². The summed E-state index contributed by atoms with van der Waals surface area (Å²) >= 11 is 0. The predicted octanol–water partition coefficient (Wildman–Crippen LogP) is 1.92. The molecule has 2 amide bonds. The van der Waals surface area contributed by atoms with Crippen LogP contribution in [0.25, 0.3) is 11.0 Å². The number of carbonyl (C=O) groups is 2. The summed E-state index contributed by atoms with van der Waals surface area (Å²) in [6, 6.07) is 1.91. The first kappa shape index (κ1) is 17.0. The van der Waals surface area contributed by atoms with Crippen LogP contribution >= 0.6 is 0 Å². The van der Waals surface area contributed by atoms with E-state index in [0.29, 0.717) is 13.1 Å². The van der Waals surface area contributed by atoms with E-state index >= 15 is 0 Å². The lowest BCUT2D eigenvalue weighted by Crippen LogP contribution is -2.46. The minimum absolute atomic E-state index is 0.0456. The Kier molecular flexibility index (Phi) is 4.61. The van der Waals surface area contributed by atoms with Crippen LogP contribution in [0.1, 0.15) is 44.3 Å². The van der Waals surface area contributed by atoms with Gasteiger partial charge in [-0.25, -0.2) is 4.98 Å². The zero-order valence-electron chi connectivity index (χ0n) is 15.1. The summed E-state index contributed by atoms with van der Waals surface area (Å²) < 4.78 is 0. The Labute approximate surface area is 152 Å². The van der Waals surface area contributed by atoms with Crippen LogP contribution in [0, 0.1) is 5.92 Å². The largest absolute Gasteiger partial charge is 0.343 e. The molecule has 1 atom stereocenters. The van der Waals surface area contributed by atoms with E-state index in [1.54, 1.807) is 19.3 Å². The Morgan fingerprint density at radius 2 is 1.96 bits per heavy atom. The van der Waals surface area contributed by atoms with Gasteiger partial charge in [0.05, 0.1) is 17.2 Å². The molecule has 0 bridgehead atoms. The van der Waals surface area contributed by atoms with E-state index < -0.39 is 0 Å². The van der Waals surface area contributed by atoms with Crippen LogP contribution in [0.2, 0.25) is 0 Å². The van der Waals surface area contributed by atoms with Gasteiger partial charge >= 0.3 is 0 Å². The standard InChI is InChI=1S/C19H25N5O2/c1-13(25)23-9-5-14(6-10-23)19(26)24-8-2-3-15(12-24)18-21-16-4-7-20-11-17(16)22-18/h4,7,11,14-15H,2-3,5-6,8-10,12H2,1H3,(H,21,22). The number of hydrogen-bond acceptors (Lipinski definition) is 4. The van der Waals surface area contributed by atoms with E-state index in [9.17, 15) is 9.59 Å². The van der Waals surface area contributed by atoms with Crippen molar-refractivity contribution >= 4 is 22.8 Å². The van der Waals surface area contributed by atoms with Gasteiger partial charge in [0.2, 0.25) is 11.8 Å². The number of amides is 2. The number of aromatic amines is 1. The van der Waals surface area contributed by atoms with Crippen molar-refractivity contribution in [3.8, 4) is 0 Å². The van der Waals surface area contributed by atoms with Crippen LogP contribution in [-0.2, 0) is 9.59 Å². The predicted molar refractivity (Wildman–Crippen MR) is 97.4 cm³/mol. The maximum Gasteiger partial charge on any atom is 0.225 e.